The highest BCUT2D eigenvalue weighted by Crippen LogP contribution is 2.32. The predicted octanol–water partition coefficient (Wildman–Crippen LogP) is 3.29. The van der Waals surface area contributed by atoms with Crippen LogP contribution < -0.4 is 5.32 Å². The lowest BCUT2D eigenvalue weighted by Gasteiger charge is -2.31. The number of nitrogens with zero attached hydrogens (tertiary/aromatic N) is 1. The van der Waals surface area contributed by atoms with Crippen LogP contribution in [0.15, 0.2) is 12.1 Å². The maximum atomic E-state index is 12.2. The Hall–Kier alpha value is -1.10. The zero-order chi connectivity index (χ0) is 15.4. The van der Waals surface area contributed by atoms with Crippen LogP contribution in [0.2, 0.25) is 10.0 Å². The van der Waals surface area contributed by atoms with Gasteiger partial charge in [-0.05, 0) is 37.9 Å². The number of carbonyl (C=O) groups is 2. The fraction of sp³-hybridized carbons (Fsp3) is 0.467. The molecule has 1 unspecified atom stereocenters. The molecule has 1 saturated heterocycles. The van der Waals surface area contributed by atoms with Gasteiger partial charge in [0.2, 0.25) is 5.91 Å². The zero-order valence-electron chi connectivity index (χ0n) is 11.9. The number of piperidine rings is 1. The number of anilines is 1. The number of likely N-dealkylation sites (tertiary alicyclic amines) is 1. The number of aldehydes is 1. The minimum atomic E-state index is -0.210. The molecule has 0 radical (unpaired) electrons. The van der Waals surface area contributed by atoms with Gasteiger partial charge in [0.05, 0.1) is 28.3 Å². The Kier molecular flexibility index (Phi) is 5.62. The Morgan fingerprint density at radius 2 is 2.19 bits per heavy atom. The number of rotatable bonds is 4. The number of aryl methyl sites for hydroxylation is 1. The van der Waals surface area contributed by atoms with Crippen molar-refractivity contribution in [3.8, 4) is 0 Å². The molecule has 114 valence electrons. The molecule has 1 heterocycles. The van der Waals surface area contributed by atoms with Crippen molar-refractivity contribution in [1.29, 1.82) is 0 Å². The number of hydrogen-bond donors (Lipinski definition) is 1. The summed E-state index contributed by atoms with van der Waals surface area (Å²) in [5, 5.41) is 3.60. The van der Waals surface area contributed by atoms with Crippen molar-refractivity contribution < 1.29 is 9.59 Å². The van der Waals surface area contributed by atoms with Crippen molar-refractivity contribution in [3.05, 3.63) is 27.7 Å². The number of halogens is 2. The lowest BCUT2D eigenvalue weighted by molar-refractivity contribution is -0.120. The molecule has 1 aromatic carbocycles. The summed E-state index contributed by atoms with van der Waals surface area (Å²) in [5.41, 5.74) is 1.28. The van der Waals surface area contributed by atoms with Gasteiger partial charge in [0.25, 0.3) is 0 Å². The molecule has 0 aliphatic carbocycles. The first kappa shape index (κ1) is 16.3. The predicted molar refractivity (Wildman–Crippen MR) is 85.1 cm³/mol. The molecule has 1 aliphatic heterocycles. The van der Waals surface area contributed by atoms with Crippen LogP contribution in [0, 0.1) is 6.92 Å². The van der Waals surface area contributed by atoms with Gasteiger partial charge in [-0.25, -0.2) is 0 Å². The quantitative estimate of drug-likeness (QED) is 0.863. The van der Waals surface area contributed by atoms with Gasteiger partial charge in [-0.15, -0.1) is 0 Å². The lowest BCUT2D eigenvalue weighted by atomic mass is 10.0. The fourth-order valence-electron chi connectivity index (χ4n) is 2.50. The Morgan fingerprint density at radius 1 is 1.43 bits per heavy atom. The van der Waals surface area contributed by atoms with Crippen LogP contribution in [0.1, 0.15) is 24.8 Å². The van der Waals surface area contributed by atoms with Crippen LogP contribution in [0.4, 0.5) is 5.69 Å². The first-order chi connectivity index (χ1) is 10.0. The third-order valence-corrected chi connectivity index (χ3v) is 4.52. The second-order valence-corrected chi connectivity index (χ2v) is 6.06. The van der Waals surface area contributed by atoms with Crippen molar-refractivity contribution in [2.75, 3.05) is 18.4 Å². The average Bonchev–Trinajstić information content (AvgIpc) is 2.48. The monoisotopic (exact) mass is 328 g/mol. The molecule has 21 heavy (non-hydrogen) atoms. The molecule has 0 bridgehead atoms. The van der Waals surface area contributed by atoms with E-state index in [1.54, 1.807) is 12.1 Å². The summed E-state index contributed by atoms with van der Waals surface area (Å²) in [6.07, 6.45) is 3.75. The van der Waals surface area contributed by atoms with Crippen LogP contribution in [0.25, 0.3) is 0 Å². The van der Waals surface area contributed by atoms with Crippen molar-refractivity contribution in [2.45, 2.75) is 32.2 Å². The van der Waals surface area contributed by atoms with Crippen LogP contribution in [0.3, 0.4) is 0 Å². The lowest BCUT2D eigenvalue weighted by Crippen LogP contribution is -2.44. The molecule has 0 spiro atoms. The molecule has 1 aliphatic rings. The van der Waals surface area contributed by atoms with Gasteiger partial charge < -0.3 is 10.1 Å². The maximum absolute atomic E-state index is 12.2. The van der Waals surface area contributed by atoms with E-state index in [4.69, 9.17) is 23.2 Å². The first-order valence-corrected chi connectivity index (χ1v) is 7.72. The second-order valence-electron chi connectivity index (χ2n) is 5.27. The minimum Gasteiger partial charge on any atom is -0.322 e. The molecule has 1 amide bonds. The van der Waals surface area contributed by atoms with Crippen LogP contribution in [-0.4, -0.2) is 36.2 Å². The van der Waals surface area contributed by atoms with Gasteiger partial charge in [-0.3, -0.25) is 9.69 Å². The summed E-state index contributed by atoms with van der Waals surface area (Å²) in [6, 6.07) is 3.33. The van der Waals surface area contributed by atoms with Gasteiger partial charge in [0, 0.05) is 0 Å². The van der Waals surface area contributed by atoms with E-state index in [1.165, 1.54) is 0 Å². The number of carbonyl (C=O) groups excluding carboxylic acids is 2. The summed E-state index contributed by atoms with van der Waals surface area (Å²) in [4.78, 5) is 25.1. The smallest absolute Gasteiger partial charge is 0.238 e. The summed E-state index contributed by atoms with van der Waals surface area (Å²) in [7, 11) is 0. The zero-order valence-corrected chi connectivity index (χ0v) is 13.4. The average molecular weight is 329 g/mol. The van der Waals surface area contributed by atoms with Gasteiger partial charge in [0.1, 0.15) is 6.29 Å². The second kappa shape index (κ2) is 7.25. The highest BCUT2D eigenvalue weighted by Gasteiger charge is 2.24. The van der Waals surface area contributed by atoms with Crippen molar-refractivity contribution in [3.63, 3.8) is 0 Å². The van der Waals surface area contributed by atoms with E-state index < -0.39 is 0 Å². The van der Waals surface area contributed by atoms with E-state index in [0.29, 0.717) is 15.7 Å². The highest BCUT2D eigenvalue weighted by atomic mass is 35.5. The van der Waals surface area contributed by atoms with E-state index in [1.807, 2.05) is 11.8 Å². The summed E-state index contributed by atoms with van der Waals surface area (Å²) in [5.74, 6) is -0.210. The van der Waals surface area contributed by atoms with E-state index in [-0.39, 0.29) is 18.5 Å². The van der Waals surface area contributed by atoms with Crippen molar-refractivity contribution >= 4 is 41.1 Å². The first-order valence-electron chi connectivity index (χ1n) is 6.96. The molecule has 1 fully saturated rings. The van der Waals surface area contributed by atoms with E-state index in [0.717, 1.165) is 37.7 Å². The number of nitrogens with one attached hydrogen (secondary N) is 1. The van der Waals surface area contributed by atoms with Gasteiger partial charge in [0.15, 0.2) is 0 Å². The molecule has 0 saturated carbocycles. The molecule has 1 atom stereocenters. The van der Waals surface area contributed by atoms with Crippen LogP contribution in [0.5, 0.6) is 0 Å². The third-order valence-electron chi connectivity index (χ3n) is 3.72. The number of hydrogen-bond acceptors (Lipinski definition) is 3. The maximum Gasteiger partial charge on any atom is 0.238 e. The minimum absolute atomic E-state index is 0.171. The number of amides is 1. The van der Waals surface area contributed by atoms with Crippen molar-refractivity contribution in [1.82, 2.24) is 4.90 Å². The Bertz CT molecular complexity index is 549. The molecule has 1 aromatic rings. The van der Waals surface area contributed by atoms with Gasteiger partial charge in [-0.2, -0.15) is 0 Å². The summed E-state index contributed by atoms with van der Waals surface area (Å²) in [6.45, 7) is 2.78. The molecular weight excluding hydrogens is 311 g/mol. The van der Waals surface area contributed by atoms with Crippen molar-refractivity contribution in [2.24, 2.45) is 0 Å². The SMILES string of the molecule is Cc1ccc(Cl)c(NC(=O)CN2CCCCC2C=O)c1Cl. The normalized spacial score (nSPS) is 19.3. The Morgan fingerprint density at radius 3 is 2.90 bits per heavy atom. The molecular formula is C15H18Cl2N2O2. The standard InChI is InChI=1S/C15H18Cl2N2O2/c1-10-5-6-12(16)15(14(10)17)18-13(21)8-19-7-3-2-4-11(19)9-20/h5-6,9,11H,2-4,7-8H2,1H3,(H,18,21). The highest BCUT2D eigenvalue weighted by molar-refractivity contribution is 6.40. The van der Waals surface area contributed by atoms with E-state index >= 15 is 0 Å². The topological polar surface area (TPSA) is 49.4 Å². The largest absolute Gasteiger partial charge is 0.322 e. The Balaban J connectivity index is 2.05. The molecule has 1 N–H and O–H groups in total. The molecule has 6 heteroatoms. The van der Waals surface area contributed by atoms with E-state index in [9.17, 15) is 9.59 Å². The van der Waals surface area contributed by atoms with Gasteiger partial charge >= 0.3 is 0 Å². The molecule has 4 nitrogen and oxygen atoms in total. The Labute approximate surface area is 134 Å². The molecule has 2 rings (SSSR count). The fourth-order valence-corrected chi connectivity index (χ4v) is 2.97. The van der Waals surface area contributed by atoms with Crippen LogP contribution in [-0.2, 0) is 9.59 Å². The third kappa shape index (κ3) is 3.96. The number of benzene rings is 1. The van der Waals surface area contributed by atoms with Gasteiger partial charge in [-0.1, -0.05) is 35.7 Å². The summed E-state index contributed by atoms with van der Waals surface area (Å²) < 4.78 is 0. The van der Waals surface area contributed by atoms with Crippen LogP contribution >= 0.6 is 23.2 Å². The summed E-state index contributed by atoms with van der Waals surface area (Å²) >= 11 is 12.2. The molecule has 0 aromatic heterocycles. The van der Waals surface area contributed by atoms with E-state index in [2.05, 4.69) is 5.32 Å².